The van der Waals surface area contributed by atoms with Crippen molar-refractivity contribution in [3.05, 3.63) is 0 Å². The molecule has 0 aromatic heterocycles. The smallest absolute Gasteiger partial charge is 0.0695 e. The van der Waals surface area contributed by atoms with Crippen molar-refractivity contribution in [3.8, 4) is 0 Å². The molecule has 2 heteroatoms. The van der Waals surface area contributed by atoms with Gasteiger partial charge in [-0.25, -0.2) is 0 Å². The van der Waals surface area contributed by atoms with Gasteiger partial charge in [-0.3, -0.25) is 4.90 Å². The first-order valence-corrected chi connectivity index (χ1v) is 6.77. The van der Waals surface area contributed by atoms with Crippen LogP contribution >= 0.6 is 0 Å². The second-order valence-electron chi connectivity index (χ2n) is 5.79. The highest BCUT2D eigenvalue weighted by molar-refractivity contribution is 4.93. The normalized spacial score (nSPS) is 47.0. The van der Waals surface area contributed by atoms with Crippen molar-refractivity contribution in [1.29, 1.82) is 0 Å². The quantitative estimate of drug-likeness (QED) is 0.714. The highest BCUT2D eigenvalue weighted by atomic mass is 16.3. The van der Waals surface area contributed by atoms with E-state index >= 15 is 0 Å². The van der Waals surface area contributed by atoms with Crippen molar-refractivity contribution in [3.63, 3.8) is 0 Å². The maximum Gasteiger partial charge on any atom is 0.0695 e. The summed E-state index contributed by atoms with van der Waals surface area (Å²) in [7, 11) is 0. The monoisotopic (exact) mass is 209 g/mol. The molecule has 2 saturated carbocycles. The Hall–Kier alpha value is -0.0800. The Balaban J connectivity index is 1.63. The second kappa shape index (κ2) is 4.06. The molecule has 1 saturated heterocycles. The minimum absolute atomic E-state index is 0.0374. The lowest BCUT2D eigenvalue weighted by atomic mass is 9.93. The SMILES string of the molecule is OC1CCC2CC2CCC1N1CCCC1. The molecular formula is C13H23NO. The molecule has 3 fully saturated rings. The number of likely N-dealkylation sites (tertiary alicyclic amines) is 1. The van der Waals surface area contributed by atoms with E-state index < -0.39 is 0 Å². The summed E-state index contributed by atoms with van der Waals surface area (Å²) in [4.78, 5) is 2.55. The summed E-state index contributed by atoms with van der Waals surface area (Å²) < 4.78 is 0. The minimum atomic E-state index is -0.0374. The van der Waals surface area contributed by atoms with Crippen LogP contribution in [0.15, 0.2) is 0 Å². The number of fused-ring (bicyclic) bond motifs is 1. The summed E-state index contributed by atoms with van der Waals surface area (Å²) in [6, 6.07) is 0.494. The molecule has 0 spiro atoms. The maximum atomic E-state index is 10.2. The Morgan fingerprint density at radius 2 is 1.53 bits per heavy atom. The molecule has 86 valence electrons. The van der Waals surface area contributed by atoms with E-state index in [0.29, 0.717) is 6.04 Å². The maximum absolute atomic E-state index is 10.2. The van der Waals surface area contributed by atoms with E-state index in [1.165, 1.54) is 51.6 Å². The molecule has 0 radical (unpaired) electrons. The molecule has 15 heavy (non-hydrogen) atoms. The van der Waals surface area contributed by atoms with Gasteiger partial charge in [0.15, 0.2) is 0 Å². The lowest BCUT2D eigenvalue weighted by molar-refractivity contribution is 0.0421. The molecular weight excluding hydrogens is 186 g/mol. The fourth-order valence-electron chi connectivity index (χ4n) is 3.67. The van der Waals surface area contributed by atoms with Crippen LogP contribution in [-0.2, 0) is 0 Å². The Kier molecular flexibility index (Phi) is 2.73. The lowest BCUT2D eigenvalue weighted by Gasteiger charge is -2.33. The minimum Gasteiger partial charge on any atom is -0.391 e. The van der Waals surface area contributed by atoms with Gasteiger partial charge in [0.05, 0.1) is 6.10 Å². The van der Waals surface area contributed by atoms with Crippen LogP contribution in [0.25, 0.3) is 0 Å². The van der Waals surface area contributed by atoms with Crippen LogP contribution < -0.4 is 0 Å². The first-order valence-electron chi connectivity index (χ1n) is 6.77. The molecule has 0 amide bonds. The largest absolute Gasteiger partial charge is 0.391 e. The van der Waals surface area contributed by atoms with E-state index in [0.717, 1.165) is 18.3 Å². The summed E-state index contributed by atoms with van der Waals surface area (Å²) in [5, 5.41) is 10.2. The van der Waals surface area contributed by atoms with E-state index in [1.807, 2.05) is 0 Å². The van der Waals surface area contributed by atoms with Gasteiger partial charge in [0.2, 0.25) is 0 Å². The zero-order chi connectivity index (χ0) is 10.3. The molecule has 4 unspecified atom stereocenters. The van der Waals surface area contributed by atoms with Gasteiger partial charge in [-0.1, -0.05) is 0 Å². The molecule has 3 rings (SSSR count). The van der Waals surface area contributed by atoms with E-state index in [4.69, 9.17) is 0 Å². The van der Waals surface area contributed by atoms with Crippen LogP contribution in [-0.4, -0.2) is 35.2 Å². The van der Waals surface area contributed by atoms with Gasteiger partial charge in [0.1, 0.15) is 0 Å². The Bertz CT molecular complexity index is 225. The Labute approximate surface area is 92.7 Å². The third kappa shape index (κ3) is 2.07. The van der Waals surface area contributed by atoms with Crippen LogP contribution in [0.1, 0.15) is 44.9 Å². The Morgan fingerprint density at radius 1 is 0.867 bits per heavy atom. The highest BCUT2D eigenvalue weighted by Crippen LogP contribution is 2.47. The van der Waals surface area contributed by atoms with Gasteiger partial charge in [0, 0.05) is 6.04 Å². The third-order valence-corrected chi connectivity index (χ3v) is 4.79. The highest BCUT2D eigenvalue weighted by Gasteiger charge is 2.40. The van der Waals surface area contributed by atoms with Gasteiger partial charge in [-0.2, -0.15) is 0 Å². The molecule has 1 aliphatic heterocycles. The van der Waals surface area contributed by atoms with Crippen LogP contribution in [0.3, 0.4) is 0 Å². The van der Waals surface area contributed by atoms with E-state index in [-0.39, 0.29) is 6.10 Å². The van der Waals surface area contributed by atoms with Gasteiger partial charge in [-0.15, -0.1) is 0 Å². The predicted octanol–water partition coefficient (Wildman–Crippen LogP) is 2.02. The number of hydrogen-bond donors (Lipinski definition) is 1. The summed E-state index contributed by atoms with van der Waals surface area (Å²) in [6.07, 6.45) is 9.08. The van der Waals surface area contributed by atoms with Gasteiger partial charge >= 0.3 is 0 Å². The first kappa shape index (κ1) is 10.1. The zero-order valence-electron chi connectivity index (χ0n) is 9.57. The standard InChI is InChI=1S/C13H23NO/c15-13-6-4-11-9-10(11)3-5-12(13)14-7-1-2-8-14/h10-13,15H,1-9H2. The summed E-state index contributed by atoms with van der Waals surface area (Å²) in [5.41, 5.74) is 0. The fourth-order valence-corrected chi connectivity index (χ4v) is 3.67. The molecule has 3 aliphatic rings. The van der Waals surface area contributed by atoms with E-state index in [1.54, 1.807) is 0 Å². The van der Waals surface area contributed by atoms with Crippen LogP contribution in [0.2, 0.25) is 0 Å². The lowest BCUT2D eigenvalue weighted by Crippen LogP contribution is -2.42. The van der Waals surface area contributed by atoms with Crippen molar-refractivity contribution in [2.45, 2.75) is 57.1 Å². The number of rotatable bonds is 1. The predicted molar refractivity (Wildman–Crippen MR) is 60.7 cm³/mol. The molecule has 2 aliphatic carbocycles. The molecule has 0 bridgehead atoms. The van der Waals surface area contributed by atoms with Crippen LogP contribution in [0, 0.1) is 11.8 Å². The summed E-state index contributed by atoms with van der Waals surface area (Å²) >= 11 is 0. The number of aliphatic hydroxyl groups excluding tert-OH is 1. The second-order valence-corrected chi connectivity index (χ2v) is 5.79. The van der Waals surface area contributed by atoms with Crippen molar-refractivity contribution in [2.75, 3.05) is 13.1 Å². The summed E-state index contributed by atoms with van der Waals surface area (Å²) in [5.74, 6) is 2.02. The van der Waals surface area contributed by atoms with Gasteiger partial charge in [0.25, 0.3) is 0 Å². The fraction of sp³-hybridized carbons (Fsp3) is 1.00. The van der Waals surface area contributed by atoms with Crippen LogP contribution in [0.5, 0.6) is 0 Å². The van der Waals surface area contributed by atoms with E-state index in [2.05, 4.69) is 4.90 Å². The van der Waals surface area contributed by atoms with Crippen molar-refractivity contribution in [1.82, 2.24) is 4.90 Å². The molecule has 2 nitrogen and oxygen atoms in total. The molecule has 1 N–H and O–H groups in total. The number of aliphatic hydroxyl groups is 1. The topological polar surface area (TPSA) is 23.5 Å². The van der Waals surface area contributed by atoms with Gasteiger partial charge in [-0.05, 0) is 69.9 Å². The Morgan fingerprint density at radius 3 is 2.27 bits per heavy atom. The number of nitrogens with zero attached hydrogens (tertiary/aromatic N) is 1. The van der Waals surface area contributed by atoms with Crippen LogP contribution in [0.4, 0.5) is 0 Å². The molecule has 0 aromatic rings. The van der Waals surface area contributed by atoms with Gasteiger partial charge < -0.3 is 5.11 Å². The third-order valence-electron chi connectivity index (χ3n) is 4.79. The summed E-state index contributed by atoms with van der Waals surface area (Å²) in [6.45, 7) is 2.46. The van der Waals surface area contributed by atoms with Crippen molar-refractivity contribution >= 4 is 0 Å². The van der Waals surface area contributed by atoms with E-state index in [9.17, 15) is 5.11 Å². The molecule has 0 aromatic carbocycles. The van der Waals surface area contributed by atoms with Crippen molar-refractivity contribution in [2.24, 2.45) is 11.8 Å². The average molecular weight is 209 g/mol. The number of hydrogen-bond acceptors (Lipinski definition) is 2. The van der Waals surface area contributed by atoms with Crippen molar-refractivity contribution < 1.29 is 5.11 Å². The first-order chi connectivity index (χ1) is 7.34. The average Bonchev–Trinajstić information content (AvgIpc) is 2.74. The molecule has 4 atom stereocenters. The zero-order valence-corrected chi connectivity index (χ0v) is 9.57. The molecule has 1 heterocycles.